The molecule has 1 aromatic heterocycles. The molecule has 1 aliphatic rings. The van der Waals surface area contributed by atoms with Crippen LogP contribution >= 0.6 is 12.2 Å². The van der Waals surface area contributed by atoms with E-state index in [4.69, 9.17) is 12.2 Å². The van der Waals surface area contributed by atoms with Crippen LogP contribution in [0.4, 0.5) is 0 Å². The number of benzene rings is 1. The third-order valence-corrected chi connectivity index (χ3v) is 3.52. The van der Waals surface area contributed by atoms with Crippen molar-refractivity contribution in [1.29, 1.82) is 0 Å². The lowest BCUT2D eigenvalue weighted by atomic mass is 10.1. The molecule has 0 aliphatic heterocycles. The molecule has 0 radical (unpaired) electrons. The molecule has 0 amide bonds. The summed E-state index contributed by atoms with van der Waals surface area (Å²) in [6.07, 6.45) is 2.59. The molecule has 2 aromatic rings. The zero-order chi connectivity index (χ0) is 12.0. The molecule has 1 heterocycles. The summed E-state index contributed by atoms with van der Waals surface area (Å²) >= 11 is 5.42. The molecule has 1 fully saturated rings. The van der Waals surface area contributed by atoms with Crippen molar-refractivity contribution in [2.75, 3.05) is 0 Å². The Hall–Kier alpha value is -1.35. The number of rotatable bonds is 2. The Balaban J connectivity index is 2.10. The van der Waals surface area contributed by atoms with Crippen molar-refractivity contribution < 1.29 is 0 Å². The maximum atomic E-state index is 5.42. The second kappa shape index (κ2) is 3.84. The summed E-state index contributed by atoms with van der Waals surface area (Å²) in [4.78, 5) is 0. The second-order valence-electron chi connectivity index (χ2n) is 5.01. The maximum Gasteiger partial charge on any atom is 0.127 e. The predicted octanol–water partition coefficient (Wildman–Crippen LogP) is 4.03. The van der Waals surface area contributed by atoms with E-state index >= 15 is 0 Å². The monoisotopic (exact) mass is 244 g/mol. The van der Waals surface area contributed by atoms with Crippen molar-refractivity contribution >= 4 is 12.2 Å². The number of hydrogen-bond donors (Lipinski definition) is 1. The quantitative estimate of drug-likeness (QED) is 0.791. The average Bonchev–Trinajstić information content (AvgIpc) is 3.01. The van der Waals surface area contributed by atoms with Crippen LogP contribution in [0.2, 0.25) is 0 Å². The van der Waals surface area contributed by atoms with Gasteiger partial charge in [-0.3, -0.25) is 5.10 Å². The van der Waals surface area contributed by atoms with Gasteiger partial charge in [0.1, 0.15) is 4.64 Å². The van der Waals surface area contributed by atoms with E-state index in [1.807, 2.05) is 4.68 Å². The van der Waals surface area contributed by atoms with Gasteiger partial charge in [0.15, 0.2) is 0 Å². The molecule has 1 N–H and O–H groups in total. The minimum atomic E-state index is 0.712. The van der Waals surface area contributed by atoms with Gasteiger partial charge < -0.3 is 0 Å². The van der Waals surface area contributed by atoms with Crippen LogP contribution in [0.15, 0.2) is 24.3 Å². The van der Waals surface area contributed by atoms with Crippen molar-refractivity contribution in [1.82, 2.24) is 9.78 Å². The first-order valence-electron chi connectivity index (χ1n) is 6.04. The van der Waals surface area contributed by atoms with Crippen molar-refractivity contribution in [2.24, 2.45) is 0 Å². The van der Waals surface area contributed by atoms with E-state index in [1.54, 1.807) is 0 Å². The fourth-order valence-corrected chi connectivity index (χ4v) is 2.57. The molecule has 0 saturated heterocycles. The van der Waals surface area contributed by atoms with E-state index in [9.17, 15) is 0 Å². The van der Waals surface area contributed by atoms with Gasteiger partial charge in [-0.25, -0.2) is 4.68 Å². The second-order valence-corrected chi connectivity index (χ2v) is 5.42. The van der Waals surface area contributed by atoms with Crippen LogP contribution in [0, 0.1) is 18.5 Å². The van der Waals surface area contributed by atoms with E-state index in [1.165, 1.54) is 29.7 Å². The lowest BCUT2D eigenvalue weighted by molar-refractivity contribution is 0.828. The van der Waals surface area contributed by atoms with Crippen LogP contribution in [0.1, 0.15) is 35.6 Å². The Morgan fingerprint density at radius 1 is 1.12 bits per heavy atom. The number of aromatic amines is 1. The van der Waals surface area contributed by atoms with Crippen molar-refractivity contribution in [3.05, 3.63) is 45.7 Å². The van der Waals surface area contributed by atoms with Gasteiger partial charge in [0.05, 0.1) is 5.69 Å². The van der Waals surface area contributed by atoms with E-state index in [0.717, 1.165) is 10.3 Å². The van der Waals surface area contributed by atoms with Gasteiger partial charge >= 0.3 is 0 Å². The van der Waals surface area contributed by atoms with Crippen LogP contribution in [-0.2, 0) is 0 Å². The van der Waals surface area contributed by atoms with Crippen LogP contribution in [-0.4, -0.2) is 9.78 Å². The Morgan fingerprint density at radius 3 is 2.35 bits per heavy atom. The molecule has 1 aromatic carbocycles. The summed E-state index contributed by atoms with van der Waals surface area (Å²) in [5.74, 6) is 0.712. The molecular weight excluding hydrogens is 228 g/mol. The van der Waals surface area contributed by atoms with Gasteiger partial charge in [0.25, 0.3) is 0 Å². The number of aromatic nitrogens is 2. The fraction of sp³-hybridized carbons (Fsp3) is 0.357. The largest absolute Gasteiger partial charge is 0.297 e. The van der Waals surface area contributed by atoms with Crippen LogP contribution in [0.5, 0.6) is 0 Å². The van der Waals surface area contributed by atoms with Gasteiger partial charge in [-0.2, -0.15) is 0 Å². The molecule has 88 valence electrons. The fourth-order valence-electron chi connectivity index (χ4n) is 2.29. The minimum absolute atomic E-state index is 0.712. The van der Waals surface area contributed by atoms with Crippen LogP contribution < -0.4 is 0 Å². The van der Waals surface area contributed by atoms with Gasteiger partial charge in [0.2, 0.25) is 0 Å². The molecule has 2 nitrogen and oxygen atoms in total. The summed E-state index contributed by atoms with van der Waals surface area (Å²) in [6, 6.07) is 8.61. The highest BCUT2D eigenvalue weighted by molar-refractivity contribution is 7.71. The number of hydrogen-bond acceptors (Lipinski definition) is 1. The topological polar surface area (TPSA) is 20.7 Å². The number of nitrogens with one attached hydrogen (secondary N) is 1. The number of H-pyrrole nitrogens is 1. The zero-order valence-corrected chi connectivity index (χ0v) is 11.0. The number of aryl methyl sites for hydroxylation is 2. The molecule has 0 atom stereocenters. The van der Waals surface area contributed by atoms with Gasteiger partial charge in [-0.15, -0.1) is 0 Å². The normalized spacial score (nSPS) is 15.2. The van der Waals surface area contributed by atoms with E-state index < -0.39 is 0 Å². The van der Waals surface area contributed by atoms with E-state index in [2.05, 4.69) is 43.2 Å². The van der Waals surface area contributed by atoms with Crippen LogP contribution in [0.3, 0.4) is 0 Å². The average molecular weight is 244 g/mol. The van der Waals surface area contributed by atoms with Gasteiger partial charge in [-0.1, -0.05) is 18.3 Å². The lowest BCUT2D eigenvalue weighted by Crippen LogP contribution is -1.98. The summed E-state index contributed by atoms with van der Waals surface area (Å²) in [7, 11) is 0. The number of nitrogens with zero attached hydrogens (tertiary/aromatic N) is 1. The van der Waals surface area contributed by atoms with Gasteiger partial charge in [0, 0.05) is 11.6 Å². The predicted molar refractivity (Wildman–Crippen MR) is 72.4 cm³/mol. The molecule has 0 unspecified atom stereocenters. The van der Waals surface area contributed by atoms with E-state index in [0.29, 0.717) is 5.92 Å². The lowest BCUT2D eigenvalue weighted by Gasteiger charge is -2.06. The molecule has 0 spiro atoms. The summed E-state index contributed by atoms with van der Waals surface area (Å²) < 4.78 is 2.89. The SMILES string of the molecule is Cc1cc(C)cc(-n2[nH]c(C3CC3)cc2=S)c1. The van der Waals surface area contributed by atoms with E-state index in [-0.39, 0.29) is 0 Å². The van der Waals surface area contributed by atoms with Crippen molar-refractivity contribution in [3.8, 4) is 5.69 Å². The summed E-state index contributed by atoms with van der Waals surface area (Å²) in [5, 5.41) is 3.43. The molecule has 1 aliphatic carbocycles. The molecule has 3 rings (SSSR count). The molecule has 3 heteroatoms. The first kappa shape index (κ1) is 10.8. The molecule has 1 saturated carbocycles. The Kier molecular flexibility index (Phi) is 2.44. The molecule has 17 heavy (non-hydrogen) atoms. The first-order chi connectivity index (χ1) is 8.13. The van der Waals surface area contributed by atoms with Crippen molar-refractivity contribution in [2.45, 2.75) is 32.6 Å². The highest BCUT2D eigenvalue weighted by Gasteiger charge is 2.25. The highest BCUT2D eigenvalue weighted by Crippen LogP contribution is 2.39. The van der Waals surface area contributed by atoms with Crippen molar-refractivity contribution in [3.63, 3.8) is 0 Å². The Morgan fingerprint density at radius 2 is 1.76 bits per heavy atom. The third-order valence-electron chi connectivity index (χ3n) is 3.22. The Bertz CT molecular complexity index is 597. The minimum Gasteiger partial charge on any atom is -0.297 e. The van der Waals surface area contributed by atoms with Crippen LogP contribution in [0.25, 0.3) is 5.69 Å². The highest BCUT2D eigenvalue weighted by atomic mass is 32.1. The molecule has 0 bridgehead atoms. The standard InChI is InChI=1S/C14H16N2S/c1-9-5-10(2)7-12(6-9)16-14(17)8-13(15-16)11-3-4-11/h5-8,11,15H,3-4H2,1-2H3. The zero-order valence-electron chi connectivity index (χ0n) is 10.2. The van der Waals surface area contributed by atoms with Gasteiger partial charge in [-0.05, 0) is 56.0 Å². The summed E-state index contributed by atoms with van der Waals surface area (Å²) in [5.41, 5.74) is 4.96. The Labute approximate surface area is 106 Å². The first-order valence-corrected chi connectivity index (χ1v) is 6.45. The smallest absolute Gasteiger partial charge is 0.127 e. The maximum absolute atomic E-state index is 5.42. The summed E-state index contributed by atoms with van der Waals surface area (Å²) in [6.45, 7) is 4.23. The molecular formula is C14H16N2S. The third kappa shape index (κ3) is 2.07.